The van der Waals surface area contributed by atoms with Gasteiger partial charge in [-0.25, -0.2) is 0 Å². The molecule has 0 spiro atoms. The second-order valence-electron chi connectivity index (χ2n) is 5.60. The van der Waals surface area contributed by atoms with Crippen molar-refractivity contribution in [3.63, 3.8) is 0 Å². The van der Waals surface area contributed by atoms with Crippen LogP contribution in [0.4, 0.5) is 0 Å². The fourth-order valence-corrected chi connectivity index (χ4v) is 3.39. The van der Waals surface area contributed by atoms with Crippen molar-refractivity contribution >= 4 is 17.5 Å². The van der Waals surface area contributed by atoms with E-state index >= 15 is 0 Å². The first kappa shape index (κ1) is 13.7. The van der Waals surface area contributed by atoms with E-state index in [9.17, 15) is 9.90 Å². The van der Waals surface area contributed by atoms with E-state index in [1.54, 1.807) is 6.07 Å². The van der Waals surface area contributed by atoms with E-state index < -0.39 is 0 Å². The van der Waals surface area contributed by atoms with Crippen LogP contribution in [0.2, 0.25) is 5.02 Å². The Kier molecular flexibility index (Phi) is 3.85. The smallest absolute Gasteiger partial charge is 0.255 e. The van der Waals surface area contributed by atoms with Crippen LogP contribution in [0.25, 0.3) is 0 Å². The second-order valence-corrected chi connectivity index (χ2v) is 6.01. The van der Waals surface area contributed by atoms with E-state index in [2.05, 4.69) is 4.90 Å². The summed E-state index contributed by atoms with van der Waals surface area (Å²) in [4.78, 5) is 16.9. The standard InChI is InChI=1S/C15H19ClN2O2/c16-14-5-4-12(19)9-13(14)15(20)18-8-7-17-6-2-1-3-11(17)10-18/h4-5,9,11,19H,1-3,6-8,10H2. The molecule has 5 heteroatoms. The van der Waals surface area contributed by atoms with Crippen LogP contribution < -0.4 is 0 Å². The van der Waals surface area contributed by atoms with Gasteiger partial charge in [-0.2, -0.15) is 0 Å². The molecule has 20 heavy (non-hydrogen) atoms. The summed E-state index contributed by atoms with van der Waals surface area (Å²) in [6.07, 6.45) is 3.68. The van der Waals surface area contributed by atoms with Gasteiger partial charge < -0.3 is 10.0 Å². The molecule has 3 rings (SSSR count). The average molecular weight is 295 g/mol. The van der Waals surface area contributed by atoms with Crippen LogP contribution in [0.15, 0.2) is 18.2 Å². The molecule has 2 heterocycles. The van der Waals surface area contributed by atoms with E-state index in [0.29, 0.717) is 16.6 Å². The summed E-state index contributed by atoms with van der Waals surface area (Å²) >= 11 is 6.08. The zero-order valence-electron chi connectivity index (χ0n) is 11.4. The third kappa shape index (κ3) is 2.63. The Labute approximate surface area is 123 Å². The summed E-state index contributed by atoms with van der Waals surface area (Å²) in [7, 11) is 0. The van der Waals surface area contributed by atoms with E-state index in [1.807, 2.05) is 4.90 Å². The molecule has 0 aliphatic carbocycles. The lowest BCUT2D eigenvalue weighted by molar-refractivity contribution is 0.0372. The summed E-state index contributed by atoms with van der Waals surface area (Å²) in [5.74, 6) is 0.00479. The fourth-order valence-electron chi connectivity index (χ4n) is 3.19. The van der Waals surface area contributed by atoms with Gasteiger partial charge in [-0.05, 0) is 37.6 Å². The monoisotopic (exact) mass is 294 g/mol. The first-order valence-corrected chi connectivity index (χ1v) is 7.55. The van der Waals surface area contributed by atoms with Gasteiger partial charge in [-0.3, -0.25) is 9.69 Å². The van der Waals surface area contributed by atoms with Crippen LogP contribution in [0.5, 0.6) is 5.75 Å². The van der Waals surface area contributed by atoms with Gasteiger partial charge in [-0.1, -0.05) is 18.0 Å². The molecule has 1 unspecified atom stereocenters. The Morgan fingerprint density at radius 2 is 2.10 bits per heavy atom. The Bertz CT molecular complexity index is 521. The van der Waals surface area contributed by atoms with Gasteiger partial charge in [0.25, 0.3) is 5.91 Å². The minimum absolute atomic E-state index is 0.0730. The Hall–Kier alpha value is -1.26. The molecule has 1 atom stereocenters. The highest BCUT2D eigenvalue weighted by atomic mass is 35.5. The number of hydrogen-bond acceptors (Lipinski definition) is 3. The van der Waals surface area contributed by atoms with Gasteiger partial charge in [0.2, 0.25) is 0 Å². The Morgan fingerprint density at radius 1 is 1.25 bits per heavy atom. The molecule has 0 saturated carbocycles. The number of fused-ring (bicyclic) bond motifs is 1. The van der Waals surface area contributed by atoms with E-state index in [1.165, 1.54) is 25.0 Å². The molecular formula is C15H19ClN2O2. The third-order valence-corrected chi connectivity index (χ3v) is 4.63. The molecular weight excluding hydrogens is 276 g/mol. The number of aromatic hydroxyl groups is 1. The maximum atomic E-state index is 12.6. The Morgan fingerprint density at radius 3 is 2.95 bits per heavy atom. The SMILES string of the molecule is O=C(c1cc(O)ccc1Cl)N1CCN2CCCCC2C1. The molecule has 1 N–H and O–H groups in total. The molecule has 2 aliphatic rings. The maximum Gasteiger partial charge on any atom is 0.255 e. The van der Waals surface area contributed by atoms with Gasteiger partial charge in [0, 0.05) is 25.7 Å². The molecule has 0 aromatic heterocycles. The minimum Gasteiger partial charge on any atom is -0.508 e. The quantitative estimate of drug-likeness (QED) is 0.865. The van der Waals surface area contributed by atoms with Crippen LogP contribution in [0.1, 0.15) is 29.6 Å². The average Bonchev–Trinajstić information content (AvgIpc) is 2.48. The van der Waals surface area contributed by atoms with Crippen LogP contribution in [-0.4, -0.2) is 53.0 Å². The summed E-state index contributed by atoms with van der Waals surface area (Å²) in [6.45, 7) is 3.60. The van der Waals surface area contributed by atoms with Crippen molar-refractivity contribution in [2.24, 2.45) is 0 Å². The number of nitrogens with zero attached hydrogens (tertiary/aromatic N) is 2. The highest BCUT2D eigenvalue weighted by Gasteiger charge is 2.31. The summed E-state index contributed by atoms with van der Waals surface area (Å²) < 4.78 is 0. The van der Waals surface area contributed by atoms with Crippen molar-refractivity contribution in [2.45, 2.75) is 25.3 Å². The molecule has 2 aliphatic heterocycles. The molecule has 0 bridgehead atoms. The number of benzene rings is 1. The molecule has 1 aromatic rings. The topological polar surface area (TPSA) is 43.8 Å². The summed E-state index contributed by atoms with van der Waals surface area (Å²) in [5.41, 5.74) is 0.399. The predicted octanol–water partition coefficient (Wildman–Crippen LogP) is 2.36. The predicted molar refractivity (Wildman–Crippen MR) is 78.2 cm³/mol. The molecule has 1 aromatic carbocycles. The summed E-state index contributed by atoms with van der Waals surface area (Å²) in [6, 6.07) is 5.01. The van der Waals surface area contributed by atoms with Crippen molar-refractivity contribution in [1.29, 1.82) is 0 Å². The second kappa shape index (κ2) is 5.62. The number of carbonyl (C=O) groups is 1. The number of carbonyl (C=O) groups excluding carboxylic acids is 1. The van der Waals surface area contributed by atoms with Crippen molar-refractivity contribution < 1.29 is 9.90 Å². The highest BCUT2D eigenvalue weighted by Crippen LogP contribution is 2.26. The van der Waals surface area contributed by atoms with E-state index in [-0.39, 0.29) is 11.7 Å². The molecule has 2 saturated heterocycles. The zero-order chi connectivity index (χ0) is 14.1. The number of halogens is 1. The largest absolute Gasteiger partial charge is 0.508 e. The number of phenolic OH excluding ortho intramolecular Hbond substituents is 1. The van der Waals surface area contributed by atoms with Gasteiger partial charge in [-0.15, -0.1) is 0 Å². The van der Waals surface area contributed by atoms with Crippen LogP contribution in [0, 0.1) is 0 Å². The molecule has 0 radical (unpaired) electrons. The number of piperazine rings is 1. The molecule has 108 valence electrons. The van der Waals surface area contributed by atoms with Crippen LogP contribution in [0.3, 0.4) is 0 Å². The van der Waals surface area contributed by atoms with Gasteiger partial charge >= 0.3 is 0 Å². The van der Waals surface area contributed by atoms with Crippen molar-refractivity contribution in [2.75, 3.05) is 26.2 Å². The zero-order valence-corrected chi connectivity index (χ0v) is 12.1. The minimum atomic E-state index is -0.0730. The summed E-state index contributed by atoms with van der Waals surface area (Å²) in [5, 5.41) is 9.94. The van der Waals surface area contributed by atoms with Crippen molar-refractivity contribution in [3.05, 3.63) is 28.8 Å². The lowest BCUT2D eigenvalue weighted by Crippen LogP contribution is -2.56. The van der Waals surface area contributed by atoms with Crippen LogP contribution in [-0.2, 0) is 0 Å². The number of hydrogen-bond donors (Lipinski definition) is 1. The number of phenols is 1. The maximum absolute atomic E-state index is 12.6. The highest BCUT2D eigenvalue weighted by molar-refractivity contribution is 6.33. The molecule has 1 amide bonds. The normalized spacial score (nSPS) is 23.4. The first-order chi connectivity index (χ1) is 9.65. The fraction of sp³-hybridized carbons (Fsp3) is 0.533. The van der Waals surface area contributed by atoms with E-state index in [0.717, 1.165) is 32.6 Å². The van der Waals surface area contributed by atoms with Crippen LogP contribution >= 0.6 is 11.6 Å². The number of piperidine rings is 1. The first-order valence-electron chi connectivity index (χ1n) is 7.17. The van der Waals surface area contributed by atoms with E-state index in [4.69, 9.17) is 11.6 Å². The van der Waals surface area contributed by atoms with Crippen molar-refractivity contribution in [1.82, 2.24) is 9.80 Å². The van der Waals surface area contributed by atoms with Gasteiger partial charge in [0.05, 0.1) is 10.6 Å². The number of amides is 1. The van der Waals surface area contributed by atoms with Gasteiger partial charge in [0.1, 0.15) is 5.75 Å². The lowest BCUT2D eigenvalue weighted by atomic mass is 9.99. The Balaban J connectivity index is 1.76. The number of rotatable bonds is 1. The molecule has 4 nitrogen and oxygen atoms in total. The third-order valence-electron chi connectivity index (χ3n) is 4.30. The van der Waals surface area contributed by atoms with Crippen molar-refractivity contribution in [3.8, 4) is 5.75 Å². The lowest BCUT2D eigenvalue weighted by Gasteiger charge is -2.44. The van der Waals surface area contributed by atoms with Gasteiger partial charge in [0.15, 0.2) is 0 Å². The molecule has 2 fully saturated rings.